The van der Waals surface area contributed by atoms with Crippen LogP contribution in [-0.4, -0.2) is 62.3 Å². The van der Waals surface area contributed by atoms with Crippen LogP contribution >= 0.6 is 11.3 Å². The molecule has 28 heavy (non-hydrogen) atoms. The van der Waals surface area contributed by atoms with Gasteiger partial charge in [-0.2, -0.15) is 0 Å². The van der Waals surface area contributed by atoms with Crippen molar-refractivity contribution in [1.29, 1.82) is 0 Å². The third-order valence-electron chi connectivity index (χ3n) is 5.00. The minimum absolute atomic E-state index is 0.704. The molecule has 1 saturated heterocycles. The predicted octanol–water partition coefficient (Wildman–Crippen LogP) is 3.64. The molecule has 0 radical (unpaired) electrons. The van der Waals surface area contributed by atoms with Crippen molar-refractivity contribution in [2.24, 2.45) is 0 Å². The van der Waals surface area contributed by atoms with Crippen molar-refractivity contribution in [3.8, 4) is 33.3 Å². The maximum Gasteiger partial charge on any atom is 0.161 e. The Hall–Kier alpha value is -2.64. The Labute approximate surface area is 169 Å². The molecule has 1 aliphatic rings. The Morgan fingerprint density at radius 2 is 1.71 bits per heavy atom. The Kier molecular flexibility index (Phi) is 5.45. The summed E-state index contributed by atoms with van der Waals surface area (Å²) in [6.07, 6.45) is 1.88. The molecule has 6 nitrogen and oxygen atoms in total. The lowest BCUT2D eigenvalue weighted by Gasteiger charge is -2.33. The van der Waals surface area contributed by atoms with Gasteiger partial charge in [-0.1, -0.05) is 0 Å². The fourth-order valence-electron chi connectivity index (χ4n) is 3.29. The average Bonchev–Trinajstić information content (AvgIpc) is 3.24. The van der Waals surface area contributed by atoms with Crippen LogP contribution in [0.5, 0.6) is 11.5 Å². The molecule has 1 fully saturated rings. The summed E-state index contributed by atoms with van der Waals surface area (Å²) >= 11 is 1.64. The number of likely N-dealkylation sites (N-methyl/N-ethyl adjacent to an activating group) is 1. The van der Waals surface area contributed by atoms with E-state index in [4.69, 9.17) is 14.5 Å². The highest BCUT2D eigenvalue weighted by Gasteiger charge is 2.16. The molecule has 0 saturated carbocycles. The van der Waals surface area contributed by atoms with Crippen molar-refractivity contribution >= 4 is 17.2 Å². The van der Waals surface area contributed by atoms with Gasteiger partial charge >= 0.3 is 0 Å². The SMILES string of the molecule is COc1ccc(-c2csc(-c3ccnc(N4CCN(C)CC4)c3)n2)cc1OC. The molecule has 146 valence electrons. The molecule has 2 aromatic heterocycles. The van der Waals surface area contributed by atoms with E-state index >= 15 is 0 Å². The highest BCUT2D eigenvalue weighted by Crippen LogP contribution is 2.35. The van der Waals surface area contributed by atoms with Gasteiger partial charge in [-0.3, -0.25) is 0 Å². The summed E-state index contributed by atoms with van der Waals surface area (Å²) in [5.74, 6) is 2.44. The minimum Gasteiger partial charge on any atom is -0.493 e. The van der Waals surface area contributed by atoms with E-state index in [0.717, 1.165) is 53.8 Å². The Bertz CT molecular complexity index is 951. The van der Waals surface area contributed by atoms with E-state index in [0.29, 0.717) is 11.5 Å². The lowest BCUT2D eigenvalue weighted by molar-refractivity contribution is 0.312. The smallest absolute Gasteiger partial charge is 0.161 e. The summed E-state index contributed by atoms with van der Waals surface area (Å²) < 4.78 is 10.7. The predicted molar refractivity (Wildman–Crippen MR) is 114 cm³/mol. The van der Waals surface area contributed by atoms with Gasteiger partial charge in [0.1, 0.15) is 10.8 Å². The molecule has 0 spiro atoms. The topological polar surface area (TPSA) is 50.7 Å². The normalized spacial score (nSPS) is 14.9. The van der Waals surface area contributed by atoms with Crippen LogP contribution in [0, 0.1) is 0 Å². The highest BCUT2D eigenvalue weighted by atomic mass is 32.1. The summed E-state index contributed by atoms with van der Waals surface area (Å²) in [4.78, 5) is 14.1. The molecule has 0 aliphatic carbocycles. The van der Waals surface area contributed by atoms with Gasteiger partial charge in [0.25, 0.3) is 0 Å². The van der Waals surface area contributed by atoms with Gasteiger partial charge in [-0.15, -0.1) is 11.3 Å². The molecule has 1 aromatic carbocycles. The van der Waals surface area contributed by atoms with E-state index in [1.165, 1.54) is 0 Å². The summed E-state index contributed by atoms with van der Waals surface area (Å²) in [6, 6.07) is 10.0. The Morgan fingerprint density at radius 1 is 0.929 bits per heavy atom. The molecule has 3 heterocycles. The third kappa shape index (κ3) is 3.81. The maximum absolute atomic E-state index is 5.41. The number of hydrogen-bond acceptors (Lipinski definition) is 7. The molecule has 1 aliphatic heterocycles. The van der Waals surface area contributed by atoms with Gasteiger partial charge < -0.3 is 19.3 Å². The minimum atomic E-state index is 0.704. The van der Waals surface area contributed by atoms with E-state index in [9.17, 15) is 0 Å². The van der Waals surface area contributed by atoms with Crippen LogP contribution in [0.1, 0.15) is 0 Å². The molecule has 0 bridgehead atoms. The summed E-state index contributed by atoms with van der Waals surface area (Å²) in [5, 5.41) is 3.06. The summed E-state index contributed by atoms with van der Waals surface area (Å²) in [6.45, 7) is 4.13. The number of hydrogen-bond donors (Lipinski definition) is 0. The molecule has 0 N–H and O–H groups in total. The quantitative estimate of drug-likeness (QED) is 0.656. The fourth-order valence-corrected chi connectivity index (χ4v) is 4.12. The molecule has 3 aromatic rings. The standard InChI is InChI=1S/C21H24N4O2S/c1-24-8-10-25(11-9-24)20-13-16(6-7-22-20)21-23-17(14-28-21)15-4-5-18(26-2)19(12-15)27-3/h4-7,12-14H,8-11H2,1-3H3. The van der Waals surface area contributed by atoms with Gasteiger partial charge in [0.2, 0.25) is 0 Å². The van der Waals surface area contributed by atoms with Crippen LogP contribution in [-0.2, 0) is 0 Å². The van der Waals surface area contributed by atoms with E-state index in [1.807, 2.05) is 30.5 Å². The molecular weight excluding hydrogens is 372 g/mol. The number of pyridine rings is 1. The van der Waals surface area contributed by atoms with Crippen LogP contribution in [0.15, 0.2) is 41.9 Å². The number of nitrogens with zero attached hydrogens (tertiary/aromatic N) is 4. The molecule has 0 amide bonds. The summed E-state index contributed by atoms with van der Waals surface area (Å²) in [7, 11) is 5.44. The second-order valence-electron chi connectivity index (χ2n) is 6.80. The largest absolute Gasteiger partial charge is 0.493 e. The number of thiazole rings is 1. The second-order valence-corrected chi connectivity index (χ2v) is 7.66. The van der Waals surface area contributed by atoms with E-state index in [-0.39, 0.29) is 0 Å². The van der Waals surface area contributed by atoms with Gasteiger partial charge in [0.05, 0.1) is 19.9 Å². The fraction of sp³-hybridized carbons (Fsp3) is 0.333. The van der Waals surface area contributed by atoms with Gasteiger partial charge in [-0.05, 0) is 37.4 Å². The van der Waals surface area contributed by atoms with Crippen LogP contribution in [0.4, 0.5) is 5.82 Å². The first-order chi connectivity index (χ1) is 13.7. The van der Waals surface area contributed by atoms with Gasteiger partial charge in [0, 0.05) is 48.9 Å². The molecule has 0 unspecified atom stereocenters. The van der Waals surface area contributed by atoms with Crippen LogP contribution in [0.3, 0.4) is 0 Å². The monoisotopic (exact) mass is 396 g/mol. The lowest BCUT2D eigenvalue weighted by atomic mass is 10.1. The average molecular weight is 397 g/mol. The molecule has 4 rings (SSSR count). The first-order valence-corrected chi connectivity index (χ1v) is 10.1. The van der Waals surface area contributed by atoms with E-state index in [2.05, 4.69) is 33.3 Å². The number of methoxy groups -OCH3 is 2. The zero-order valence-electron chi connectivity index (χ0n) is 16.4. The Morgan fingerprint density at radius 3 is 2.46 bits per heavy atom. The Balaban J connectivity index is 1.59. The van der Waals surface area contributed by atoms with Crippen LogP contribution in [0.25, 0.3) is 21.8 Å². The number of piperazine rings is 1. The molecule has 7 heteroatoms. The molecular formula is C21H24N4O2S. The van der Waals surface area contributed by atoms with Gasteiger partial charge in [0.15, 0.2) is 11.5 Å². The van der Waals surface area contributed by atoms with Crippen molar-refractivity contribution in [3.63, 3.8) is 0 Å². The zero-order valence-corrected chi connectivity index (χ0v) is 17.2. The van der Waals surface area contributed by atoms with Crippen LogP contribution in [0.2, 0.25) is 0 Å². The van der Waals surface area contributed by atoms with Crippen molar-refractivity contribution in [1.82, 2.24) is 14.9 Å². The third-order valence-corrected chi connectivity index (χ3v) is 5.89. The van der Waals surface area contributed by atoms with Crippen molar-refractivity contribution < 1.29 is 9.47 Å². The molecule has 0 atom stereocenters. The van der Waals surface area contributed by atoms with Crippen molar-refractivity contribution in [2.75, 3.05) is 52.3 Å². The number of aromatic nitrogens is 2. The van der Waals surface area contributed by atoms with E-state index < -0.39 is 0 Å². The van der Waals surface area contributed by atoms with Crippen LogP contribution < -0.4 is 14.4 Å². The highest BCUT2D eigenvalue weighted by molar-refractivity contribution is 7.13. The van der Waals surface area contributed by atoms with Crippen molar-refractivity contribution in [2.45, 2.75) is 0 Å². The zero-order chi connectivity index (χ0) is 19.5. The first kappa shape index (κ1) is 18.7. The number of ether oxygens (including phenoxy) is 2. The van der Waals surface area contributed by atoms with Gasteiger partial charge in [-0.25, -0.2) is 9.97 Å². The second kappa shape index (κ2) is 8.16. The lowest BCUT2D eigenvalue weighted by Crippen LogP contribution is -2.44. The number of rotatable bonds is 5. The number of benzene rings is 1. The van der Waals surface area contributed by atoms with Crippen molar-refractivity contribution in [3.05, 3.63) is 41.9 Å². The number of anilines is 1. The summed E-state index contributed by atoms with van der Waals surface area (Å²) in [5.41, 5.74) is 3.04. The first-order valence-electron chi connectivity index (χ1n) is 9.26. The maximum atomic E-state index is 5.41. The van der Waals surface area contributed by atoms with E-state index in [1.54, 1.807) is 25.6 Å².